The van der Waals surface area contributed by atoms with Gasteiger partial charge in [0.15, 0.2) is 0 Å². The summed E-state index contributed by atoms with van der Waals surface area (Å²) in [6.45, 7) is 3.28. The summed E-state index contributed by atoms with van der Waals surface area (Å²) in [5, 5.41) is 0. The summed E-state index contributed by atoms with van der Waals surface area (Å²) in [6, 6.07) is 0. The van der Waals surface area contributed by atoms with Crippen LogP contribution >= 0.6 is 12.4 Å². The minimum Gasteiger partial charge on any atom is -0.373 e. The number of rotatable bonds is 5. The standard InChI is InChI=1S/C8H16O.ClH/c1-2-3-4-5-6-8-7-9-8;/h8H,2-7H2,1H3;1H. The minimum absolute atomic E-state index is 0. The highest BCUT2D eigenvalue weighted by Crippen LogP contribution is 2.17. The van der Waals surface area contributed by atoms with Gasteiger partial charge in [0.05, 0.1) is 12.7 Å². The Bertz CT molecular complexity index is 71.7. The van der Waals surface area contributed by atoms with Gasteiger partial charge in [-0.25, -0.2) is 0 Å². The number of halogens is 1. The van der Waals surface area contributed by atoms with Gasteiger partial charge >= 0.3 is 0 Å². The van der Waals surface area contributed by atoms with Crippen LogP contribution in [0.4, 0.5) is 0 Å². The highest BCUT2D eigenvalue weighted by atomic mass is 35.5. The molecule has 0 aromatic rings. The Labute approximate surface area is 69.6 Å². The quantitative estimate of drug-likeness (QED) is 0.450. The topological polar surface area (TPSA) is 12.5 Å². The molecule has 0 aromatic carbocycles. The van der Waals surface area contributed by atoms with Crippen LogP contribution in [-0.4, -0.2) is 12.7 Å². The first-order chi connectivity index (χ1) is 4.43. The van der Waals surface area contributed by atoms with E-state index in [-0.39, 0.29) is 12.4 Å². The van der Waals surface area contributed by atoms with Gasteiger partial charge in [-0.2, -0.15) is 0 Å². The van der Waals surface area contributed by atoms with Crippen molar-refractivity contribution >= 4 is 12.4 Å². The lowest BCUT2D eigenvalue weighted by atomic mass is 10.1. The summed E-state index contributed by atoms with van der Waals surface area (Å²) < 4.78 is 5.09. The van der Waals surface area contributed by atoms with Crippen LogP contribution in [0.3, 0.4) is 0 Å². The van der Waals surface area contributed by atoms with Crippen LogP contribution in [0.5, 0.6) is 0 Å². The van der Waals surface area contributed by atoms with Crippen molar-refractivity contribution in [1.29, 1.82) is 0 Å². The lowest BCUT2D eigenvalue weighted by Crippen LogP contribution is -1.84. The van der Waals surface area contributed by atoms with Crippen LogP contribution in [0, 0.1) is 0 Å². The Kier molecular flexibility index (Phi) is 6.14. The number of epoxide rings is 1. The van der Waals surface area contributed by atoms with E-state index in [1.54, 1.807) is 0 Å². The second kappa shape index (κ2) is 5.99. The highest BCUT2D eigenvalue weighted by molar-refractivity contribution is 5.85. The van der Waals surface area contributed by atoms with Crippen molar-refractivity contribution in [3.63, 3.8) is 0 Å². The molecule has 1 aliphatic rings. The summed E-state index contributed by atoms with van der Waals surface area (Å²) in [6.07, 6.45) is 7.47. The zero-order valence-corrected chi connectivity index (χ0v) is 7.45. The summed E-state index contributed by atoms with van der Waals surface area (Å²) in [5.74, 6) is 0. The molecule has 0 N–H and O–H groups in total. The molecule has 0 spiro atoms. The van der Waals surface area contributed by atoms with Crippen LogP contribution in [0.25, 0.3) is 0 Å². The molecule has 1 rings (SSSR count). The smallest absolute Gasteiger partial charge is 0.0810 e. The van der Waals surface area contributed by atoms with Crippen molar-refractivity contribution < 1.29 is 4.74 Å². The number of hydrogen-bond donors (Lipinski definition) is 0. The maximum Gasteiger partial charge on any atom is 0.0810 e. The number of unbranched alkanes of at least 4 members (excludes halogenated alkanes) is 3. The monoisotopic (exact) mass is 164 g/mol. The van der Waals surface area contributed by atoms with Crippen molar-refractivity contribution in [1.82, 2.24) is 0 Å². The van der Waals surface area contributed by atoms with Gasteiger partial charge in [-0.1, -0.05) is 32.6 Å². The van der Waals surface area contributed by atoms with E-state index >= 15 is 0 Å². The third kappa shape index (κ3) is 5.07. The van der Waals surface area contributed by atoms with Gasteiger partial charge < -0.3 is 4.74 Å². The lowest BCUT2D eigenvalue weighted by Gasteiger charge is -1.93. The normalized spacial score (nSPS) is 21.9. The largest absolute Gasteiger partial charge is 0.373 e. The maximum atomic E-state index is 5.09. The van der Waals surface area contributed by atoms with E-state index in [1.165, 1.54) is 32.1 Å². The predicted molar refractivity (Wildman–Crippen MR) is 45.7 cm³/mol. The van der Waals surface area contributed by atoms with Crippen molar-refractivity contribution in [3.05, 3.63) is 0 Å². The van der Waals surface area contributed by atoms with E-state index in [2.05, 4.69) is 6.92 Å². The molecule has 1 unspecified atom stereocenters. The fourth-order valence-corrected chi connectivity index (χ4v) is 1.03. The summed E-state index contributed by atoms with van der Waals surface area (Å²) >= 11 is 0. The molecule has 0 aromatic heterocycles. The molecule has 62 valence electrons. The summed E-state index contributed by atoms with van der Waals surface area (Å²) in [5.41, 5.74) is 0. The Morgan fingerprint density at radius 1 is 1.30 bits per heavy atom. The van der Waals surface area contributed by atoms with Crippen LogP contribution in [0.2, 0.25) is 0 Å². The van der Waals surface area contributed by atoms with Crippen LogP contribution in [0.1, 0.15) is 39.0 Å². The molecule has 1 aliphatic heterocycles. The van der Waals surface area contributed by atoms with Crippen molar-refractivity contribution in [2.24, 2.45) is 0 Å². The third-order valence-corrected chi connectivity index (χ3v) is 1.78. The van der Waals surface area contributed by atoms with Crippen molar-refractivity contribution in [3.8, 4) is 0 Å². The number of ether oxygens (including phenoxy) is 1. The average molecular weight is 165 g/mol. The Balaban J connectivity index is 0.000000810. The van der Waals surface area contributed by atoms with E-state index in [4.69, 9.17) is 4.74 Å². The van der Waals surface area contributed by atoms with E-state index in [0.717, 1.165) is 6.61 Å². The van der Waals surface area contributed by atoms with Gasteiger partial charge in [-0.05, 0) is 6.42 Å². The summed E-state index contributed by atoms with van der Waals surface area (Å²) in [4.78, 5) is 0. The van der Waals surface area contributed by atoms with Crippen LogP contribution in [0.15, 0.2) is 0 Å². The molecule has 1 atom stereocenters. The lowest BCUT2D eigenvalue weighted by molar-refractivity contribution is 0.388. The molecule has 2 heteroatoms. The molecular formula is C8H17ClO. The zero-order valence-electron chi connectivity index (χ0n) is 6.64. The average Bonchev–Trinajstić information content (AvgIpc) is 2.63. The minimum atomic E-state index is 0. The Morgan fingerprint density at radius 3 is 2.50 bits per heavy atom. The van der Waals surface area contributed by atoms with E-state index < -0.39 is 0 Å². The SMILES string of the molecule is CCCCCCC1CO1.Cl. The van der Waals surface area contributed by atoms with Gasteiger partial charge in [0, 0.05) is 0 Å². The van der Waals surface area contributed by atoms with Gasteiger partial charge in [-0.15, -0.1) is 12.4 Å². The molecule has 0 aliphatic carbocycles. The van der Waals surface area contributed by atoms with Crippen molar-refractivity contribution in [2.45, 2.75) is 45.1 Å². The fraction of sp³-hybridized carbons (Fsp3) is 1.00. The molecule has 1 saturated heterocycles. The Hall–Kier alpha value is 0.250. The maximum absolute atomic E-state index is 5.09. The van der Waals surface area contributed by atoms with Gasteiger partial charge in [-0.3, -0.25) is 0 Å². The van der Waals surface area contributed by atoms with E-state index in [1.807, 2.05) is 0 Å². The molecule has 1 fully saturated rings. The van der Waals surface area contributed by atoms with Gasteiger partial charge in [0.2, 0.25) is 0 Å². The van der Waals surface area contributed by atoms with Crippen LogP contribution in [-0.2, 0) is 4.74 Å². The molecule has 10 heavy (non-hydrogen) atoms. The molecular weight excluding hydrogens is 148 g/mol. The van der Waals surface area contributed by atoms with Gasteiger partial charge in [0.25, 0.3) is 0 Å². The fourth-order valence-electron chi connectivity index (χ4n) is 1.03. The van der Waals surface area contributed by atoms with Crippen molar-refractivity contribution in [2.75, 3.05) is 6.61 Å². The van der Waals surface area contributed by atoms with E-state index in [0.29, 0.717) is 6.10 Å². The molecule has 0 saturated carbocycles. The molecule has 0 amide bonds. The molecule has 1 nitrogen and oxygen atoms in total. The van der Waals surface area contributed by atoms with E-state index in [9.17, 15) is 0 Å². The second-order valence-corrected chi connectivity index (χ2v) is 2.80. The molecule has 0 bridgehead atoms. The first-order valence-corrected chi connectivity index (χ1v) is 4.05. The van der Waals surface area contributed by atoms with Crippen LogP contribution < -0.4 is 0 Å². The van der Waals surface area contributed by atoms with Gasteiger partial charge in [0.1, 0.15) is 0 Å². The Morgan fingerprint density at radius 2 is 2.00 bits per heavy atom. The second-order valence-electron chi connectivity index (χ2n) is 2.80. The first-order valence-electron chi connectivity index (χ1n) is 4.05. The zero-order chi connectivity index (χ0) is 6.53. The predicted octanol–water partition coefficient (Wildman–Crippen LogP) is 2.78. The molecule has 0 radical (unpaired) electrons. The first kappa shape index (κ1) is 10.2. The third-order valence-electron chi connectivity index (χ3n) is 1.78. The highest BCUT2D eigenvalue weighted by Gasteiger charge is 2.20. The number of hydrogen-bond acceptors (Lipinski definition) is 1. The summed E-state index contributed by atoms with van der Waals surface area (Å²) in [7, 11) is 0. The molecule has 1 heterocycles.